The standard InChI is InChI=1S/C15H13N5O/c16-14-18-13(19-15(17)20-14)10-7-4-8-11(21)12(10)9-5-2-1-3-6-9/h1-8,21H,(H4,16,17,18,19,20). The minimum atomic E-state index is 0.0415. The predicted molar refractivity (Wildman–Crippen MR) is 81.2 cm³/mol. The number of hydrogen-bond acceptors (Lipinski definition) is 6. The highest BCUT2D eigenvalue weighted by Crippen LogP contribution is 2.37. The van der Waals surface area contributed by atoms with Crippen molar-refractivity contribution >= 4 is 11.9 Å². The Kier molecular flexibility index (Phi) is 3.12. The van der Waals surface area contributed by atoms with Crippen LogP contribution in [0.1, 0.15) is 0 Å². The summed E-state index contributed by atoms with van der Waals surface area (Å²) >= 11 is 0. The van der Waals surface area contributed by atoms with Crippen LogP contribution in [0.5, 0.6) is 5.75 Å². The first-order chi connectivity index (χ1) is 10.1. The van der Waals surface area contributed by atoms with Gasteiger partial charge < -0.3 is 16.6 Å². The number of nitrogens with two attached hydrogens (primary N) is 2. The fourth-order valence-corrected chi connectivity index (χ4v) is 2.16. The third-order valence-corrected chi connectivity index (χ3v) is 3.02. The van der Waals surface area contributed by atoms with Gasteiger partial charge in [-0.2, -0.15) is 15.0 Å². The zero-order valence-electron chi connectivity index (χ0n) is 11.1. The SMILES string of the molecule is Nc1nc(N)nc(-c2cccc(O)c2-c2ccccc2)n1. The quantitative estimate of drug-likeness (QED) is 0.662. The van der Waals surface area contributed by atoms with E-state index in [0.717, 1.165) is 5.56 Å². The number of rotatable bonds is 2. The first kappa shape index (κ1) is 12.9. The molecule has 5 N–H and O–H groups in total. The zero-order chi connectivity index (χ0) is 14.8. The van der Waals surface area contributed by atoms with Crippen molar-refractivity contribution in [2.24, 2.45) is 0 Å². The number of phenols is 1. The van der Waals surface area contributed by atoms with Crippen LogP contribution in [0.25, 0.3) is 22.5 Å². The maximum atomic E-state index is 10.2. The Balaban J connectivity index is 2.26. The molecule has 0 saturated carbocycles. The predicted octanol–water partition coefficient (Wildman–Crippen LogP) is 2.08. The van der Waals surface area contributed by atoms with Crippen LogP contribution < -0.4 is 11.5 Å². The van der Waals surface area contributed by atoms with Crippen LogP contribution in [-0.4, -0.2) is 20.1 Å². The van der Waals surface area contributed by atoms with Gasteiger partial charge in [0, 0.05) is 11.1 Å². The lowest BCUT2D eigenvalue weighted by Gasteiger charge is -2.11. The Labute approximate surface area is 121 Å². The molecule has 0 unspecified atom stereocenters. The van der Waals surface area contributed by atoms with Gasteiger partial charge in [0.2, 0.25) is 11.9 Å². The number of hydrogen-bond donors (Lipinski definition) is 3. The molecule has 0 amide bonds. The monoisotopic (exact) mass is 279 g/mol. The van der Waals surface area contributed by atoms with Crippen LogP contribution in [-0.2, 0) is 0 Å². The Bertz CT molecular complexity index is 769. The summed E-state index contributed by atoms with van der Waals surface area (Å²) in [4.78, 5) is 11.9. The highest BCUT2D eigenvalue weighted by Gasteiger charge is 2.15. The van der Waals surface area contributed by atoms with Gasteiger partial charge in [0.05, 0.1) is 0 Å². The summed E-state index contributed by atoms with van der Waals surface area (Å²) in [6, 6.07) is 14.6. The number of nitrogens with zero attached hydrogens (tertiary/aromatic N) is 3. The van der Waals surface area contributed by atoms with Gasteiger partial charge in [-0.25, -0.2) is 0 Å². The van der Waals surface area contributed by atoms with Crippen molar-refractivity contribution in [3.05, 3.63) is 48.5 Å². The molecule has 0 aliphatic carbocycles. The van der Waals surface area contributed by atoms with Crippen LogP contribution in [0.4, 0.5) is 11.9 Å². The summed E-state index contributed by atoms with van der Waals surface area (Å²) in [6.07, 6.45) is 0. The van der Waals surface area contributed by atoms with E-state index in [0.29, 0.717) is 17.0 Å². The maximum Gasteiger partial charge on any atom is 0.225 e. The number of nitrogen functional groups attached to an aromatic ring is 2. The Morgan fingerprint density at radius 1 is 0.762 bits per heavy atom. The molecule has 3 aromatic rings. The summed E-state index contributed by atoms with van der Waals surface area (Å²) in [7, 11) is 0. The second-order valence-corrected chi connectivity index (χ2v) is 4.44. The van der Waals surface area contributed by atoms with E-state index in [1.165, 1.54) is 0 Å². The highest BCUT2D eigenvalue weighted by molar-refractivity contribution is 5.85. The molecule has 0 saturated heterocycles. The summed E-state index contributed by atoms with van der Waals surface area (Å²) in [5.41, 5.74) is 13.4. The van der Waals surface area contributed by atoms with Gasteiger partial charge >= 0.3 is 0 Å². The number of benzene rings is 2. The summed E-state index contributed by atoms with van der Waals surface area (Å²) < 4.78 is 0. The van der Waals surface area contributed by atoms with E-state index >= 15 is 0 Å². The summed E-state index contributed by atoms with van der Waals surface area (Å²) in [5.74, 6) is 0.547. The van der Waals surface area contributed by atoms with E-state index in [9.17, 15) is 5.11 Å². The molecule has 104 valence electrons. The molecule has 1 heterocycles. The van der Waals surface area contributed by atoms with Gasteiger partial charge in [-0.1, -0.05) is 42.5 Å². The molecular weight excluding hydrogens is 266 g/mol. The van der Waals surface area contributed by atoms with E-state index in [1.54, 1.807) is 18.2 Å². The molecule has 0 spiro atoms. The number of phenolic OH excluding ortho intramolecular Hbond substituents is 1. The number of anilines is 2. The first-order valence-corrected chi connectivity index (χ1v) is 6.30. The van der Waals surface area contributed by atoms with Gasteiger partial charge in [0.15, 0.2) is 5.82 Å². The minimum absolute atomic E-state index is 0.0415. The normalized spacial score (nSPS) is 10.5. The van der Waals surface area contributed by atoms with Crippen molar-refractivity contribution in [1.29, 1.82) is 0 Å². The molecule has 0 radical (unpaired) electrons. The van der Waals surface area contributed by atoms with Gasteiger partial charge in [0.1, 0.15) is 5.75 Å². The minimum Gasteiger partial charge on any atom is -0.507 e. The maximum absolute atomic E-state index is 10.2. The molecule has 0 bridgehead atoms. The van der Waals surface area contributed by atoms with Crippen molar-refractivity contribution in [2.75, 3.05) is 11.5 Å². The topological polar surface area (TPSA) is 111 Å². The Hall–Kier alpha value is -3.15. The molecule has 0 aliphatic heterocycles. The van der Waals surface area contributed by atoms with E-state index < -0.39 is 0 Å². The molecule has 6 nitrogen and oxygen atoms in total. The largest absolute Gasteiger partial charge is 0.507 e. The lowest BCUT2D eigenvalue weighted by atomic mass is 9.98. The van der Waals surface area contributed by atoms with Crippen LogP contribution in [0, 0.1) is 0 Å². The van der Waals surface area contributed by atoms with Crippen molar-refractivity contribution < 1.29 is 5.11 Å². The van der Waals surface area contributed by atoms with Crippen molar-refractivity contribution in [1.82, 2.24) is 15.0 Å². The second kappa shape index (κ2) is 5.09. The molecule has 3 rings (SSSR count). The van der Waals surface area contributed by atoms with Crippen molar-refractivity contribution in [3.8, 4) is 28.3 Å². The van der Waals surface area contributed by atoms with E-state index in [-0.39, 0.29) is 17.6 Å². The molecular formula is C15H13N5O. The fraction of sp³-hybridized carbons (Fsp3) is 0. The van der Waals surface area contributed by atoms with Crippen molar-refractivity contribution in [2.45, 2.75) is 0 Å². The molecule has 0 aliphatic rings. The third kappa shape index (κ3) is 2.46. The molecule has 6 heteroatoms. The molecule has 1 aromatic heterocycles. The Morgan fingerprint density at radius 2 is 1.43 bits per heavy atom. The molecule has 0 atom stereocenters. The fourth-order valence-electron chi connectivity index (χ4n) is 2.16. The van der Waals surface area contributed by atoms with Crippen LogP contribution in [0.2, 0.25) is 0 Å². The second-order valence-electron chi connectivity index (χ2n) is 4.44. The molecule has 21 heavy (non-hydrogen) atoms. The lowest BCUT2D eigenvalue weighted by molar-refractivity contribution is 0.477. The van der Waals surface area contributed by atoms with Crippen molar-refractivity contribution in [3.63, 3.8) is 0 Å². The van der Waals surface area contributed by atoms with Crippen LogP contribution in [0.15, 0.2) is 48.5 Å². The van der Waals surface area contributed by atoms with E-state index in [4.69, 9.17) is 11.5 Å². The molecule has 0 fully saturated rings. The zero-order valence-corrected chi connectivity index (χ0v) is 11.1. The van der Waals surface area contributed by atoms with E-state index in [1.807, 2.05) is 30.3 Å². The Morgan fingerprint density at radius 3 is 2.10 bits per heavy atom. The summed E-state index contributed by atoms with van der Waals surface area (Å²) in [6.45, 7) is 0. The number of aromatic hydroxyl groups is 1. The van der Waals surface area contributed by atoms with Gasteiger partial charge in [0.25, 0.3) is 0 Å². The van der Waals surface area contributed by atoms with Gasteiger partial charge in [-0.05, 0) is 11.6 Å². The van der Waals surface area contributed by atoms with Gasteiger partial charge in [-0.3, -0.25) is 0 Å². The lowest BCUT2D eigenvalue weighted by Crippen LogP contribution is -2.04. The smallest absolute Gasteiger partial charge is 0.225 e. The summed E-state index contributed by atoms with van der Waals surface area (Å²) in [5, 5.41) is 10.2. The van der Waals surface area contributed by atoms with Crippen LogP contribution >= 0.6 is 0 Å². The average molecular weight is 279 g/mol. The van der Waals surface area contributed by atoms with E-state index in [2.05, 4.69) is 15.0 Å². The molecule has 2 aromatic carbocycles. The van der Waals surface area contributed by atoms with Gasteiger partial charge in [-0.15, -0.1) is 0 Å². The average Bonchev–Trinajstić information content (AvgIpc) is 2.47. The first-order valence-electron chi connectivity index (χ1n) is 6.30. The van der Waals surface area contributed by atoms with Crippen LogP contribution in [0.3, 0.4) is 0 Å². The highest BCUT2D eigenvalue weighted by atomic mass is 16.3. The number of aromatic nitrogens is 3. The third-order valence-electron chi connectivity index (χ3n) is 3.02.